The Morgan fingerprint density at radius 3 is 2.65 bits per heavy atom. The zero-order valence-corrected chi connectivity index (χ0v) is 19.8. The van der Waals surface area contributed by atoms with Crippen LogP contribution in [0.3, 0.4) is 0 Å². The van der Waals surface area contributed by atoms with Gasteiger partial charge in [-0.25, -0.2) is 5.01 Å². The molecule has 9 heteroatoms. The molecule has 2 aliphatic heterocycles. The van der Waals surface area contributed by atoms with Crippen LogP contribution in [-0.4, -0.2) is 15.6 Å². The van der Waals surface area contributed by atoms with Crippen molar-refractivity contribution in [3.8, 4) is 5.75 Å². The van der Waals surface area contributed by atoms with Gasteiger partial charge in [0.2, 0.25) is 6.23 Å². The highest BCUT2D eigenvalue weighted by Gasteiger charge is 2.42. The molecule has 0 N–H and O–H groups in total. The number of hydrogen-bond acceptors (Lipinski definition) is 5. The van der Waals surface area contributed by atoms with Gasteiger partial charge in [-0.1, -0.05) is 51.8 Å². The van der Waals surface area contributed by atoms with Crippen LogP contribution in [-0.2, 0) is 0 Å². The van der Waals surface area contributed by atoms with Gasteiger partial charge in [0.25, 0.3) is 5.69 Å². The van der Waals surface area contributed by atoms with Crippen molar-refractivity contribution >= 4 is 54.9 Å². The van der Waals surface area contributed by atoms with Gasteiger partial charge in [0, 0.05) is 39.2 Å². The molecule has 2 heterocycles. The van der Waals surface area contributed by atoms with Gasteiger partial charge >= 0.3 is 0 Å². The molecule has 0 radical (unpaired) electrons. The van der Waals surface area contributed by atoms with E-state index in [2.05, 4.69) is 31.9 Å². The Kier molecular flexibility index (Phi) is 5.24. The molecule has 3 aromatic rings. The van der Waals surface area contributed by atoms with E-state index < -0.39 is 11.2 Å². The molecule has 2 atom stereocenters. The predicted octanol–water partition coefficient (Wildman–Crippen LogP) is 7.02. The first kappa shape index (κ1) is 20.5. The van der Waals surface area contributed by atoms with E-state index in [0.29, 0.717) is 22.8 Å². The Hall–Kier alpha value is -2.42. The average Bonchev–Trinajstić information content (AvgIpc) is 3.19. The fourth-order valence-electron chi connectivity index (χ4n) is 3.94. The number of nitro groups is 1. The SMILES string of the molecule is O=[N+]([O-])c1cccc([C@@H]2Oc3c(Br)cc(Br)cc3[C@H]3CC(c4ccc(Cl)cc4)=NN32)c1. The molecular weight excluding hydrogens is 550 g/mol. The summed E-state index contributed by atoms with van der Waals surface area (Å²) in [5, 5.41) is 18.8. The van der Waals surface area contributed by atoms with Gasteiger partial charge in [-0.3, -0.25) is 10.1 Å². The number of fused-ring (bicyclic) bond motifs is 3. The van der Waals surface area contributed by atoms with Crippen molar-refractivity contribution in [3.05, 3.63) is 101 Å². The Bertz CT molecular complexity index is 1230. The smallest absolute Gasteiger partial charge is 0.269 e. The van der Waals surface area contributed by atoms with Gasteiger partial charge in [0.1, 0.15) is 5.75 Å². The second-order valence-electron chi connectivity index (χ2n) is 7.28. The molecule has 6 nitrogen and oxygen atoms in total. The van der Waals surface area contributed by atoms with E-state index in [1.165, 1.54) is 12.1 Å². The van der Waals surface area contributed by atoms with Crippen molar-refractivity contribution in [3.63, 3.8) is 0 Å². The van der Waals surface area contributed by atoms with E-state index in [1.807, 2.05) is 47.5 Å². The molecule has 0 amide bonds. The summed E-state index contributed by atoms with van der Waals surface area (Å²) in [6.45, 7) is 0. The number of hydrazone groups is 1. The van der Waals surface area contributed by atoms with Crippen LogP contribution in [0.1, 0.15) is 35.4 Å². The van der Waals surface area contributed by atoms with Gasteiger partial charge in [0.15, 0.2) is 0 Å². The minimum absolute atomic E-state index is 0.0134. The summed E-state index contributed by atoms with van der Waals surface area (Å²) < 4.78 is 8.10. The third-order valence-corrected chi connectivity index (χ3v) is 6.65. The Morgan fingerprint density at radius 2 is 1.90 bits per heavy atom. The van der Waals surface area contributed by atoms with Crippen LogP contribution < -0.4 is 4.74 Å². The van der Waals surface area contributed by atoms with Gasteiger partial charge < -0.3 is 4.74 Å². The fourth-order valence-corrected chi connectivity index (χ4v) is 5.42. The van der Waals surface area contributed by atoms with E-state index in [4.69, 9.17) is 21.4 Å². The largest absolute Gasteiger partial charge is 0.463 e. The molecule has 31 heavy (non-hydrogen) atoms. The number of hydrogen-bond donors (Lipinski definition) is 0. The zero-order valence-electron chi connectivity index (χ0n) is 15.8. The maximum Gasteiger partial charge on any atom is 0.269 e. The second-order valence-corrected chi connectivity index (χ2v) is 9.49. The van der Waals surface area contributed by atoms with E-state index in [0.717, 1.165) is 25.8 Å². The summed E-state index contributed by atoms with van der Waals surface area (Å²) in [5.74, 6) is 0.716. The molecule has 0 spiro atoms. The number of rotatable bonds is 3. The molecule has 0 aromatic heterocycles. The molecule has 0 saturated heterocycles. The summed E-state index contributed by atoms with van der Waals surface area (Å²) >= 11 is 13.2. The Balaban J connectivity index is 1.63. The standard InChI is InChI=1S/C22H14Br2ClN3O3/c23-14-9-17-20-11-19(12-4-6-15(25)7-5-12)26-27(20)22(31-21(17)18(24)10-14)13-2-1-3-16(8-13)28(29)30/h1-10,20,22H,11H2/t20-,22+/m1/s1. The van der Waals surface area contributed by atoms with Gasteiger partial charge in [-0.15, -0.1) is 0 Å². The monoisotopic (exact) mass is 561 g/mol. The van der Waals surface area contributed by atoms with Crippen molar-refractivity contribution in [2.45, 2.75) is 18.7 Å². The zero-order chi connectivity index (χ0) is 21.7. The predicted molar refractivity (Wildman–Crippen MR) is 125 cm³/mol. The van der Waals surface area contributed by atoms with Gasteiger partial charge in [-0.2, -0.15) is 5.10 Å². The lowest BCUT2D eigenvalue weighted by Crippen LogP contribution is -2.34. The van der Waals surface area contributed by atoms with E-state index in [-0.39, 0.29) is 11.7 Å². The summed E-state index contributed by atoms with van der Waals surface area (Å²) in [6, 6.07) is 17.9. The third kappa shape index (κ3) is 3.73. The highest BCUT2D eigenvalue weighted by atomic mass is 79.9. The summed E-state index contributed by atoms with van der Waals surface area (Å²) in [4.78, 5) is 10.9. The van der Waals surface area contributed by atoms with Crippen LogP contribution in [0.15, 0.2) is 74.7 Å². The number of nitro benzene ring substituents is 1. The lowest BCUT2D eigenvalue weighted by atomic mass is 9.96. The summed E-state index contributed by atoms with van der Waals surface area (Å²) in [6.07, 6.45) is 0.0754. The van der Waals surface area contributed by atoms with Crippen LogP contribution in [0.5, 0.6) is 5.75 Å². The summed E-state index contributed by atoms with van der Waals surface area (Å²) in [5.41, 5.74) is 3.56. The Morgan fingerprint density at radius 1 is 1.13 bits per heavy atom. The van der Waals surface area contributed by atoms with Gasteiger partial charge in [-0.05, 0) is 45.8 Å². The van der Waals surface area contributed by atoms with Crippen molar-refractivity contribution < 1.29 is 9.66 Å². The second kappa shape index (κ2) is 7.93. The molecule has 0 aliphatic carbocycles. The maximum absolute atomic E-state index is 11.3. The van der Waals surface area contributed by atoms with Crippen molar-refractivity contribution in [1.29, 1.82) is 0 Å². The van der Waals surface area contributed by atoms with Crippen LogP contribution >= 0.6 is 43.5 Å². The molecule has 3 aromatic carbocycles. The number of halogens is 3. The van der Waals surface area contributed by atoms with Crippen molar-refractivity contribution in [1.82, 2.24) is 5.01 Å². The highest BCUT2D eigenvalue weighted by molar-refractivity contribution is 9.11. The molecule has 0 bridgehead atoms. The molecule has 0 unspecified atom stereocenters. The van der Waals surface area contributed by atoms with E-state index in [1.54, 1.807) is 6.07 Å². The Labute approximate surface area is 199 Å². The highest BCUT2D eigenvalue weighted by Crippen LogP contribution is 2.51. The lowest BCUT2D eigenvalue weighted by Gasteiger charge is -2.38. The maximum atomic E-state index is 11.3. The minimum atomic E-state index is -0.598. The average molecular weight is 564 g/mol. The molecule has 156 valence electrons. The van der Waals surface area contributed by atoms with Crippen LogP contribution in [0.25, 0.3) is 0 Å². The number of benzene rings is 3. The lowest BCUT2D eigenvalue weighted by molar-refractivity contribution is -0.385. The third-order valence-electron chi connectivity index (χ3n) is 5.35. The first-order valence-electron chi connectivity index (χ1n) is 9.42. The molecule has 0 fully saturated rings. The van der Waals surface area contributed by atoms with E-state index >= 15 is 0 Å². The first-order valence-corrected chi connectivity index (χ1v) is 11.4. The minimum Gasteiger partial charge on any atom is -0.463 e. The number of nitrogens with zero attached hydrogens (tertiary/aromatic N) is 3. The number of non-ortho nitro benzene ring substituents is 1. The van der Waals surface area contributed by atoms with Crippen molar-refractivity contribution in [2.75, 3.05) is 0 Å². The molecule has 5 rings (SSSR count). The number of ether oxygens (including phenoxy) is 1. The summed E-state index contributed by atoms with van der Waals surface area (Å²) in [7, 11) is 0. The van der Waals surface area contributed by atoms with Crippen molar-refractivity contribution in [2.24, 2.45) is 5.10 Å². The molecule has 0 saturated carbocycles. The quantitative estimate of drug-likeness (QED) is 0.254. The normalized spacial score (nSPS) is 19.3. The van der Waals surface area contributed by atoms with Crippen LogP contribution in [0.2, 0.25) is 5.02 Å². The van der Waals surface area contributed by atoms with E-state index in [9.17, 15) is 10.1 Å². The van der Waals surface area contributed by atoms with Crippen LogP contribution in [0, 0.1) is 10.1 Å². The fraction of sp³-hybridized carbons (Fsp3) is 0.136. The van der Waals surface area contributed by atoms with Gasteiger partial charge in [0.05, 0.1) is 21.1 Å². The van der Waals surface area contributed by atoms with Crippen LogP contribution in [0.4, 0.5) is 5.69 Å². The molecular formula is C22H14Br2ClN3O3. The first-order chi connectivity index (χ1) is 14.9. The molecule has 2 aliphatic rings. The topological polar surface area (TPSA) is 68.0 Å².